The molecule has 16 heavy (non-hydrogen) atoms. The molecule has 1 amide bonds. The van der Waals surface area contributed by atoms with Crippen molar-refractivity contribution in [3.05, 3.63) is 0 Å². The maximum absolute atomic E-state index is 11.6. The summed E-state index contributed by atoms with van der Waals surface area (Å²) in [4.78, 5) is 21.1. The molecular weight excluding hydrogens is 235 g/mol. The molecule has 0 rings (SSSR count). The SMILES string of the molecule is O=C(N[C@@H](CCO)C(=O)O)OCC(F)(F)F. The highest BCUT2D eigenvalue weighted by atomic mass is 19.4. The van der Waals surface area contributed by atoms with Crippen LogP contribution in [0.25, 0.3) is 0 Å². The van der Waals surface area contributed by atoms with Crippen LogP contribution in [-0.4, -0.2) is 47.7 Å². The lowest BCUT2D eigenvalue weighted by atomic mass is 10.2. The van der Waals surface area contributed by atoms with Crippen molar-refractivity contribution in [2.24, 2.45) is 0 Å². The fourth-order valence-electron chi connectivity index (χ4n) is 0.718. The van der Waals surface area contributed by atoms with Gasteiger partial charge in [-0.25, -0.2) is 9.59 Å². The maximum atomic E-state index is 11.6. The molecule has 0 radical (unpaired) electrons. The Morgan fingerprint density at radius 3 is 2.31 bits per heavy atom. The second-order valence-corrected chi connectivity index (χ2v) is 2.74. The van der Waals surface area contributed by atoms with Crippen molar-refractivity contribution in [1.82, 2.24) is 5.32 Å². The largest absolute Gasteiger partial charge is 0.480 e. The average molecular weight is 245 g/mol. The van der Waals surface area contributed by atoms with E-state index >= 15 is 0 Å². The van der Waals surface area contributed by atoms with Crippen LogP contribution in [0.4, 0.5) is 18.0 Å². The van der Waals surface area contributed by atoms with Gasteiger partial charge in [0.2, 0.25) is 0 Å². The molecule has 0 bridgehead atoms. The third kappa shape index (κ3) is 6.87. The Morgan fingerprint density at radius 2 is 1.94 bits per heavy atom. The Morgan fingerprint density at radius 1 is 1.38 bits per heavy atom. The number of aliphatic carboxylic acids is 1. The van der Waals surface area contributed by atoms with Crippen molar-refractivity contribution in [3.8, 4) is 0 Å². The van der Waals surface area contributed by atoms with Gasteiger partial charge in [-0.1, -0.05) is 0 Å². The molecule has 0 unspecified atom stereocenters. The number of carbonyl (C=O) groups excluding carboxylic acids is 1. The Bertz CT molecular complexity index is 255. The number of halogens is 3. The van der Waals surface area contributed by atoms with Crippen LogP contribution in [0.1, 0.15) is 6.42 Å². The number of amides is 1. The third-order valence-electron chi connectivity index (χ3n) is 1.37. The molecule has 0 aliphatic carbocycles. The van der Waals surface area contributed by atoms with Crippen LogP contribution in [0, 0.1) is 0 Å². The van der Waals surface area contributed by atoms with E-state index in [9.17, 15) is 22.8 Å². The van der Waals surface area contributed by atoms with Gasteiger partial charge in [0.1, 0.15) is 6.04 Å². The number of rotatable bonds is 5. The standard InChI is InChI=1S/C7H10F3NO5/c8-7(9,10)3-16-6(15)11-4(1-2-12)5(13)14/h4,12H,1-3H2,(H,11,15)(H,13,14)/t4-/m0/s1. The highest BCUT2D eigenvalue weighted by Gasteiger charge is 2.30. The van der Waals surface area contributed by atoms with Gasteiger partial charge in [-0.15, -0.1) is 0 Å². The van der Waals surface area contributed by atoms with E-state index in [1.165, 1.54) is 0 Å². The van der Waals surface area contributed by atoms with Gasteiger partial charge < -0.3 is 20.3 Å². The lowest BCUT2D eigenvalue weighted by Crippen LogP contribution is -2.42. The van der Waals surface area contributed by atoms with Crippen LogP contribution < -0.4 is 5.32 Å². The van der Waals surface area contributed by atoms with Crippen molar-refractivity contribution in [3.63, 3.8) is 0 Å². The van der Waals surface area contributed by atoms with Crippen LogP contribution in [-0.2, 0) is 9.53 Å². The molecule has 9 heteroatoms. The summed E-state index contributed by atoms with van der Waals surface area (Å²) in [6.45, 7) is -2.33. The first-order valence-corrected chi connectivity index (χ1v) is 4.10. The molecule has 0 spiro atoms. The van der Waals surface area contributed by atoms with Gasteiger partial charge in [0.05, 0.1) is 0 Å². The molecule has 1 atom stereocenters. The van der Waals surface area contributed by atoms with Gasteiger partial charge in [-0.2, -0.15) is 13.2 Å². The van der Waals surface area contributed by atoms with E-state index in [-0.39, 0.29) is 6.42 Å². The van der Waals surface area contributed by atoms with Crippen molar-refractivity contribution in [2.45, 2.75) is 18.6 Å². The molecule has 6 nitrogen and oxygen atoms in total. The fourth-order valence-corrected chi connectivity index (χ4v) is 0.718. The van der Waals surface area contributed by atoms with Crippen LogP contribution >= 0.6 is 0 Å². The summed E-state index contributed by atoms with van der Waals surface area (Å²) in [6.07, 6.45) is -6.50. The minimum absolute atomic E-state index is 0.323. The number of hydrogen-bond donors (Lipinski definition) is 3. The highest BCUT2D eigenvalue weighted by Crippen LogP contribution is 2.14. The number of aliphatic hydroxyl groups is 1. The molecule has 94 valence electrons. The number of carboxylic acids is 1. The third-order valence-corrected chi connectivity index (χ3v) is 1.37. The molecule has 3 N–H and O–H groups in total. The molecule has 0 aromatic heterocycles. The summed E-state index contributed by atoms with van der Waals surface area (Å²) in [5, 5.41) is 18.6. The highest BCUT2D eigenvalue weighted by molar-refractivity contribution is 5.79. The van der Waals surface area contributed by atoms with Gasteiger partial charge >= 0.3 is 18.2 Å². The Balaban J connectivity index is 4.05. The molecule has 0 aromatic carbocycles. The molecule has 0 aliphatic rings. The van der Waals surface area contributed by atoms with E-state index in [2.05, 4.69) is 4.74 Å². The molecular formula is C7H10F3NO5. The first kappa shape index (κ1) is 14.5. The summed E-state index contributed by atoms with van der Waals surface area (Å²) in [5.41, 5.74) is 0. The van der Waals surface area contributed by atoms with Crippen molar-refractivity contribution in [2.75, 3.05) is 13.2 Å². The van der Waals surface area contributed by atoms with Gasteiger partial charge in [-0.05, 0) is 0 Å². The monoisotopic (exact) mass is 245 g/mol. The summed E-state index contributed by atoms with van der Waals surface area (Å²) < 4.78 is 38.5. The van der Waals surface area contributed by atoms with E-state index in [4.69, 9.17) is 10.2 Å². The van der Waals surface area contributed by atoms with Crippen LogP contribution in [0.2, 0.25) is 0 Å². The zero-order valence-corrected chi connectivity index (χ0v) is 7.95. The summed E-state index contributed by atoms with van der Waals surface area (Å²) in [6, 6.07) is -1.48. The molecule has 0 saturated heterocycles. The van der Waals surface area contributed by atoms with Crippen molar-refractivity contribution in [1.29, 1.82) is 0 Å². The zero-order chi connectivity index (χ0) is 12.8. The quantitative estimate of drug-likeness (QED) is 0.638. The average Bonchev–Trinajstić information content (AvgIpc) is 2.13. The minimum Gasteiger partial charge on any atom is -0.480 e. The van der Waals surface area contributed by atoms with Crippen LogP contribution in [0.3, 0.4) is 0 Å². The van der Waals surface area contributed by atoms with Crippen LogP contribution in [0.5, 0.6) is 0 Å². The van der Waals surface area contributed by atoms with Gasteiger partial charge in [0.25, 0.3) is 0 Å². The fraction of sp³-hybridized carbons (Fsp3) is 0.714. The van der Waals surface area contributed by atoms with E-state index in [1.54, 1.807) is 5.32 Å². The predicted molar refractivity (Wildman–Crippen MR) is 43.7 cm³/mol. The van der Waals surface area contributed by atoms with E-state index in [0.29, 0.717) is 0 Å². The molecule has 0 fully saturated rings. The number of ether oxygens (including phenoxy) is 1. The summed E-state index contributed by atoms with van der Waals surface area (Å²) >= 11 is 0. The zero-order valence-electron chi connectivity index (χ0n) is 7.95. The Kier molecular flexibility index (Phi) is 5.57. The second-order valence-electron chi connectivity index (χ2n) is 2.74. The van der Waals surface area contributed by atoms with E-state index < -0.39 is 37.5 Å². The Labute approximate surface area is 88.0 Å². The molecule has 0 heterocycles. The molecule has 0 saturated carbocycles. The maximum Gasteiger partial charge on any atom is 0.422 e. The molecule has 0 aromatic rings. The first-order valence-electron chi connectivity index (χ1n) is 4.10. The predicted octanol–water partition coefficient (Wildman–Crippen LogP) is 0.111. The van der Waals surface area contributed by atoms with E-state index in [0.717, 1.165) is 0 Å². The van der Waals surface area contributed by atoms with Gasteiger partial charge in [0, 0.05) is 13.0 Å². The number of aliphatic hydroxyl groups excluding tert-OH is 1. The number of carboxylic acid groups (broad SMARTS) is 1. The summed E-state index contributed by atoms with van der Waals surface area (Å²) in [7, 11) is 0. The Hall–Kier alpha value is -1.51. The summed E-state index contributed by atoms with van der Waals surface area (Å²) in [5.74, 6) is -1.47. The van der Waals surface area contributed by atoms with Crippen LogP contribution in [0.15, 0.2) is 0 Å². The van der Waals surface area contributed by atoms with Gasteiger partial charge in [-0.3, -0.25) is 0 Å². The second kappa shape index (κ2) is 6.16. The van der Waals surface area contributed by atoms with Crippen molar-refractivity contribution >= 4 is 12.1 Å². The normalized spacial score (nSPS) is 13.0. The number of nitrogens with one attached hydrogen (secondary N) is 1. The smallest absolute Gasteiger partial charge is 0.422 e. The number of hydrogen-bond acceptors (Lipinski definition) is 4. The van der Waals surface area contributed by atoms with Gasteiger partial charge in [0.15, 0.2) is 6.61 Å². The first-order chi connectivity index (χ1) is 7.26. The topological polar surface area (TPSA) is 95.9 Å². The number of alkyl carbamates (subject to hydrolysis) is 1. The lowest BCUT2D eigenvalue weighted by Gasteiger charge is -2.13. The lowest BCUT2D eigenvalue weighted by molar-refractivity contribution is -0.160. The number of alkyl halides is 3. The van der Waals surface area contributed by atoms with E-state index in [1.807, 2.05) is 0 Å². The number of carbonyl (C=O) groups is 2. The molecule has 0 aliphatic heterocycles. The van der Waals surface area contributed by atoms with Crippen molar-refractivity contribution < 1.29 is 37.7 Å². The minimum atomic E-state index is -4.67.